The molecule has 2 aliphatic heterocycles. The Morgan fingerprint density at radius 3 is 2.68 bits per heavy atom. The predicted octanol–water partition coefficient (Wildman–Crippen LogP) is 4.59. The van der Waals surface area contributed by atoms with E-state index in [4.69, 9.17) is 14.5 Å². The summed E-state index contributed by atoms with van der Waals surface area (Å²) >= 11 is 0. The fourth-order valence-electron chi connectivity index (χ4n) is 5.18. The first kappa shape index (κ1) is 23.1. The molecule has 0 N–H and O–H groups in total. The highest BCUT2D eigenvalue weighted by Crippen LogP contribution is 2.42. The maximum Gasteiger partial charge on any atom is 0.261 e. The first-order valence-corrected chi connectivity index (χ1v) is 11.7. The van der Waals surface area contributed by atoms with Crippen LogP contribution in [0.1, 0.15) is 49.6 Å². The summed E-state index contributed by atoms with van der Waals surface area (Å²) in [6.45, 7) is 9.77. The summed E-state index contributed by atoms with van der Waals surface area (Å²) in [7, 11) is 0. The van der Waals surface area contributed by atoms with Gasteiger partial charge >= 0.3 is 0 Å². The molecule has 180 valence electrons. The maximum atomic E-state index is 14.8. The SMILES string of the molecule is Cc1nc2c(-c3ccc(F)cc3F)nc([C@H]3CCO[C@@H](C4COCC4(C)C)C3)cn2c(=O)c1C. The summed E-state index contributed by atoms with van der Waals surface area (Å²) < 4.78 is 41.8. The van der Waals surface area contributed by atoms with Crippen LogP contribution in [0.25, 0.3) is 16.9 Å². The first-order chi connectivity index (χ1) is 16.2. The molecule has 5 rings (SSSR count). The smallest absolute Gasteiger partial charge is 0.261 e. The molecular weight excluding hydrogens is 440 g/mol. The van der Waals surface area contributed by atoms with Crippen LogP contribution in [0.3, 0.4) is 0 Å². The normalized spacial score (nSPS) is 24.6. The third kappa shape index (κ3) is 3.92. The monoisotopic (exact) mass is 469 g/mol. The quantitative estimate of drug-likeness (QED) is 0.562. The highest BCUT2D eigenvalue weighted by Gasteiger charge is 2.43. The van der Waals surface area contributed by atoms with Crippen molar-refractivity contribution >= 4 is 5.65 Å². The summed E-state index contributed by atoms with van der Waals surface area (Å²) in [5.41, 5.74) is 2.17. The fraction of sp³-hybridized carbons (Fsp3) is 0.500. The Bertz CT molecular complexity index is 1320. The second-order valence-corrected chi connectivity index (χ2v) is 10.2. The number of aromatic nitrogens is 3. The lowest BCUT2D eigenvalue weighted by Gasteiger charge is -2.37. The molecule has 0 radical (unpaired) electrons. The Hall–Kier alpha value is -2.71. The van der Waals surface area contributed by atoms with E-state index in [0.29, 0.717) is 36.8 Å². The van der Waals surface area contributed by atoms with Gasteiger partial charge in [-0.1, -0.05) is 13.8 Å². The number of halogens is 2. The van der Waals surface area contributed by atoms with Crippen molar-refractivity contribution in [2.45, 2.75) is 52.6 Å². The Morgan fingerprint density at radius 2 is 1.97 bits per heavy atom. The van der Waals surface area contributed by atoms with Crippen molar-refractivity contribution in [3.05, 3.63) is 63.3 Å². The van der Waals surface area contributed by atoms with Gasteiger partial charge in [-0.05, 0) is 44.2 Å². The highest BCUT2D eigenvalue weighted by atomic mass is 19.1. The second kappa shape index (κ2) is 8.50. The van der Waals surface area contributed by atoms with Gasteiger partial charge in [0.15, 0.2) is 5.65 Å². The van der Waals surface area contributed by atoms with Crippen LogP contribution in [0.4, 0.5) is 8.78 Å². The molecule has 4 heterocycles. The zero-order valence-corrected chi connectivity index (χ0v) is 19.9. The molecule has 2 aliphatic rings. The van der Waals surface area contributed by atoms with Crippen molar-refractivity contribution in [1.29, 1.82) is 0 Å². The number of hydrogen-bond acceptors (Lipinski definition) is 5. The van der Waals surface area contributed by atoms with Crippen molar-refractivity contribution in [2.75, 3.05) is 19.8 Å². The van der Waals surface area contributed by atoms with Gasteiger partial charge in [-0.2, -0.15) is 0 Å². The van der Waals surface area contributed by atoms with E-state index in [9.17, 15) is 13.6 Å². The van der Waals surface area contributed by atoms with Crippen molar-refractivity contribution in [3.63, 3.8) is 0 Å². The fourth-order valence-corrected chi connectivity index (χ4v) is 5.18. The summed E-state index contributed by atoms with van der Waals surface area (Å²) in [6, 6.07) is 3.37. The van der Waals surface area contributed by atoms with Crippen LogP contribution in [0.15, 0.2) is 29.2 Å². The Labute approximate surface area is 197 Å². The average Bonchev–Trinajstić information content (AvgIpc) is 3.16. The van der Waals surface area contributed by atoms with Crippen LogP contribution in [0.5, 0.6) is 0 Å². The minimum Gasteiger partial charge on any atom is -0.380 e. The van der Waals surface area contributed by atoms with Gasteiger partial charge in [-0.25, -0.2) is 18.7 Å². The zero-order valence-electron chi connectivity index (χ0n) is 19.9. The van der Waals surface area contributed by atoms with E-state index in [1.165, 1.54) is 16.5 Å². The van der Waals surface area contributed by atoms with Crippen molar-refractivity contribution < 1.29 is 18.3 Å². The van der Waals surface area contributed by atoms with E-state index < -0.39 is 11.6 Å². The summed E-state index contributed by atoms with van der Waals surface area (Å²) in [4.78, 5) is 22.5. The number of ether oxygens (including phenoxy) is 2. The molecule has 1 unspecified atom stereocenters. The highest BCUT2D eigenvalue weighted by molar-refractivity contribution is 5.74. The van der Waals surface area contributed by atoms with Crippen molar-refractivity contribution in [2.24, 2.45) is 11.3 Å². The van der Waals surface area contributed by atoms with Crippen LogP contribution >= 0.6 is 0 Å². The van der Waals surface area contributed by atoms with E-state index >= 15 is 0 Å². The van der Waals surface area contributed by atoms with Gasteiger partial charge in [-0.3, -0.25) is 9.20 Å². The molecule has 0 amide bonds. The Morgan fingerprint density at radius 1 is 1.18 bits per heavy atom. The first-order valence-electron chi connectivity index (χ1n) is 11.7. The van der Waals surface area contributed by atoms with Crippen molar-refractivity contribution in [3.8, 4) is 11.3 Å². The lowest BCUT2D eigenvalue weighted by Crippen LogP contribution is -2.39. The Kier molecular flexibility index (Phi) is 5.76. The third-order valence-electron chi connectivity index (χ3n) is 7.44. The summed E-state index contributed by atoms with van der Waals surface area (Å²) in [6.07, 6.45) is 3.20. The second-order valence-electron chi connectivity index (χ2n) is 10.2. The number of nitrogens with zero attached hydrogens (tertiary/aromatic N) is 3. The molecule has 0 aliphatic carbocycles. The van der Waals surface area contributed by atoms with Crippen LogP contribution < -0.4 is 5.56 Å². The van der Waals surface area contributed by atoms with Gasteiger partial charge in [0.25, 0.3) is 5.56 Å². The Balaban J connectivity index is 1.64. The molecule has 8 heteroatoms. The van der Waals surface area contributed by atoms with E-state index in [1.54, 1.807) is 20.0 Å². The number of benzene rings is 1. The van der Waals surface area contributed by atoms with E-state index in [2.05, 4.69) is 18.8 Å². The van der Waals surface area contributed by atoms with Crippen LogP contribution in [0, 0.1) is 36.8 Å². The molecule has 2 aromatic heterocycles. The van der Waals surface area contributed by atoms with Gasteiger partial charge in [-0.15, -0.1) is 0 Å². The van der Waals surface area contributed by atoms with E-state index in [-0.39, 0.29) is 45.8 Å². The van der Waals surface area contributed by atoms with Crippen molar-refractivity contribution in [1.82, 2.24) is 14.4 Å². The van der Waals surface area contributed by atoms with Gasteiger partial charge < -0.3 is 9.47 Å². The standard InChI is InChI=1S/C26H29F2N3O3/c1-14-15(2)29-24-23(18-6-5-17(27)10-20(18)28)30-21(11-31(24)25(14)32)16-7-8-34-22(9-16)19-12-33-13-26(19,3)4/h5-6,10-11,16,19,22H,7-9,12-13H2,1-4H3/t16-,19?,22+/m0/s1. The minimum absolute atomic E-state index is 0.00866. The topological polar surface area (TPSA) is 65.7 Å². The minimum atomic E-state index is -0.742. The van der Waals surface area contributed by atoms with E-state index in [1.807, 2.05) is 0 Å². The number of aryl methyl sites for hydroxylation is 1. The molecule has 34 heavy (non-hydrogen) atoms. The lowest BCUT2D eigenvalue weighted by molar-refractivity contribution is -0.0498. The molecular formula is C26H29F2N3O3. The number of fused-ring (bicyclic) bond motifs is 1. The average molecular weight is 470 g/mol. The van der Waals surface area contributed by atoms with Crippen LogP contribution in [-0.4, -0.2) is 40.3 Å². The molecule has 3 aromatic rings. The molecule has 6 nitrogen and oxygen atoms in total. The van der Waals surface area contributed by atoms with Crippen LogP contribution in [0.2, 0.25) is 0 Å². The molecule has 0 saturated carbocycles. The summed E-state index contributed by atoms with van der Waals surface area (Å²) in [5.74, 6) is -1.13. The largest absolute Gasteiger partial charge is 0.380 e. The molecule has 1 aromatic carbocycles. The van der Waals surface area contributed by atoms with Crippen LogP contribution in [-0.2, 0) is 9.47 Å². The van der Waals surface area contributed by atoms with Gasteiger partial charge in [0.2, 0.25) is 0 Å². The maximum absolute atomic E-state index is 14.8. The lowest BCUT2D eigenvalue weighted by atomic mass is 9.75. The third-order valence-corrected chi connectivity index (χ3v) is 7.44. The van der Waals surface area contributed by atoms with Gasteiger partial charge in [0, 0.05) is 47.5 Å². The molecule has 0 bridgehead atoms. The predicted molar refractivity (Wildman–Crippen MR) is 124 cm³/mol. The molecule has 3 atom stereocenters. The van der Waals surface area contributed by atoms with Gasteiger partial charge in [0.1, 0.15) is 17.3 Å². The summed E-state index contributed by atoms with van der Waals surface area (Å²) in [5, 5.41) is 0. The number of hydrogen-bond donors (Lipinski definition) is 0. The zero-order chi connectivity index (χ0) is 24.2. The van der Waals surface area contributed by atoms with Gasteiger partial charge in [0.05, 0.1) is 25.0 Å². The molecule has 2 fully saturated rings. The molecule has 0 spiro atoms. The number of rotatable bonds is 3. The molecule has 2 saturated heterocycles. The van der Waals surface area contributed by atoms with E-state index in [0.717, 1.165) is 18.9 Å².